The van der Waals surface area contributed by atoms with Crippen molar-refractivity contribution in [2.45, 2.75) is 25.9 Å². The summed E-state index contributed by atoms with van der Waals surface area (Å²) in [6.07, 6.45) is 0.385. The summed E-state index contributed by atoms with van der Waals surface area (Å²) < 4.78 is 34.8. The number of benzene rings is 2. The molecule has 1 aliphatic heterocycles. The molecule has 0 unspecified atom stereocenters. The highest BCUT2D eigenvalue weighted by molar-refractivity contribution is 7.91. The lowest BCUT2D eigenvalue weighted by atomic mass is 10.1. The van der Waals surface area contributed by atoms with Gasteiger partial charge in [-0.1, -0.05) is 35.3 Å². The summed E-state index contributed by atoms with van der Waals surface area (Å²) in [5.74, 6) is 0.629. The smallest absolute Gasteiger partial charge is 0.254 e. The predicted octanol–water partition coefficient (Wildman–Crippen LogP) is 4.23. The third-order valence-corrected chi connectivity index (χ3v) is 7.24. The van der Waals surface area contributed by atoms with E-state index < -0.39 is 15.9 Å². The molecule has 1 saturated heterocycles. The lowest BCUT2D eigenvalue weighted by Gasteiger charge is -2.29. The zero-order valence-corrected chi connectivity index (χ0v) is 19.1. The van der Waals surface area contributed by atoms with Gasteiger partial charge in [-0.15, -0.1) is 0 Å². The van der Waals surface area contributed by atoms with Crippen LogP contribution in [0, 0.1) is 0 Å². The second-order valence-corrected chi connectivity index (χ2v) is 10.1. The lowest BCUT2D eigenvalue weighted by Crippen LogP contribution is -2.40. The monoisotopic (exact) mass is 471 g/mol. The molecule has 1 heterocycles. The van der Waals surface area contributed by atoms with Gasteiger partial charge in [0.1, 0.15) is 5.75 Å². The number of sulfone groups is 1. The molecule has 1 atom stereocenters. The first-order chi connectivity index (χ1) is 14.2. The summed E-state index contributed by atoms with van der Waals surface area (Å²) in [5.41, 5.74) is 1.11. The highest BCUT2D eigenvalue weighted by atomic mass is 35.5. The van der Waals surface area contributed by atoms with E-state index in [0.29, 0.717) is 24.5 Å². The Bertz CT molecular complexity index is 1020. The van der Waals surface area contributed by atoms with Gasteiger partial charge in [-0.3, -0.25) is 4.79 Å². The summed E-state index contributed by atoms with van der Waals surface area (Å²) in [6, 6.07) is 9.89. The fraction of sp³-hybridized carbons (Fsp3) is 0.381. The number of methoxy groups -OCH3 is 1. The number of ether oxygens (including phenoxy) is 2. The van der Waals surface area contributed by atoms with Crippen molar-refractivity contribution >= 4 is 38.9 Å². The molecule has 2 aromatic carbocycles. The highest BCUT2D eigenvalue weighted by Crippen LogP contribution is 2.35. The quantitative estimate of drug-likeness (QED) is 0.603. The van der Waals surface area contributed by atoms with Crippen LogP contribution in [0.1, 0.15) is 29.3 Å². The molecule has 0 saturated carbocycles. The Morgan fingerprint density at radius 3 is 2.47 bits per heavy atom. The van der Waals surface area contributed by atoms with E-state index >= 15 is 0 Å². The topological polar surface area (TPSA) is 72.9 Å². The van der Waals surface area contributed by atoms with Gasteiger partial charge in [-0.25, -0.2) is 8.42 Å². The van der Waals surface area contributed by atoms with Crippen molar-refractivity contribution < 1.29 is 22.7 Å². The maximum Gasteiger partial charge on any atom is 0.254 e. The Kier molecular flexibility index (Phi) is 7.16. The second kappa shape index (κ2) is 9.45. The second-order valence-electron chi connectivity index (χ2n) is 7.04. The molecule has 0 aromatic heterocycles. The van der Waals surface area contributed by atoms with Crippen LogP contribution in [0.3, 0.4) is 0 Å². The number of carbonyl (C=O) groups excluding carboxylic acids is 1. The number of nitrogens with zero attached hydrogens (tertiary/aromatic N) is 1. The van der Waals surface area contributed by atoms with Crippen LogP contribution in [0.5, 0.6) is 11.5 Å². The number of amides is 1. The Morgan fingerprint density at radius 2 is 1.90 bits per heavy atom. The van der Waals surface area contributed by atoms with E-state index in [4.69, 9.17) is 32.7 Å². The molecular formula is C21H23Cl2NO5S. The minimum Gasteiger partial charge on any atom is -0.497 e. The van der Waals surface area contributed by atoms with Crippen LogP contribution in [0.2, 0.25) is 10.0 Å². The van der Waals surface area contributed by atoms with Crippen LogP contribution in [-0.4, -0.2) is 50.5 Å². The molecule has 6 nitrogen and oxygen atoms in total. The van der Waals surface area contributed by atoms with E-state index in [1.54, 1.807) is 12.0 Å². The third kappa shape index (κ3) is 5.20. The van der Waals surface area contributed by atoms with Crippen molar-refractivity contribution in [1.29, 1.82) is 0 Å². The maximum absolute atomic E-state index is 13.4. The van der Waals surface area contributed by atoms with E-state index in [9.17, 15) is 13.2 Å². The van der Waals surface area contributed by atoms with E-state index in [-0.39, 0.29) is 39.6 Å². The van der Waals surface area contributed by atoms with Crippen LogP contribution >= 0.6 is 23.2 Å². The number of halogens is 2. The van der Waals surface area contributed by atoms with Gasteiger partial charge in [0.15, 0.2) is 15.6 Å². The van der Waals surface area contributed by atoms with Crippen LogP contribution < -0.4 is 9.47 Å². The summed E-state index contributed by atoms with van der Waals surface area (Å²) in [4.78, 5) is 15.0. The van der Waals surface area contributed by atoms with Gasteiger partial charge in [0.25, 0.3) is 5.91 Å². The van der Waals surface area contributed by atoms with Crippen molar-refractivity contribution in [1.82, 2.24) is 4.90 Å². The minimum absolute atomic E-state index is 0.0599. The molecule has 1 aliphatic rings. The van der Waals surface area contributed by atoms with Crippen LogP contribution in [0.15, 0.2) is 36.4 Å². The third-order valence-electron chi connectivity index (χ3n) is 4.93. The molecule has 2 aromatic rings. The average Bonchev–Trinajstić information content (AvgIpc) is 3.07. The van der Waals surface area contributed by atoms with Crippen molar-refractivity contribution in [3.05, 3.63) is 57.6 Å². The van der Waals surface area contributed by atoms with Gasteiger partial charge < -0.3 is 14.4 Å². The van der Waals surface area contributed by atoms with Crippen molar-refractivity contribution in [2.75, 3.05) is 25.2 Å². The number of hydrogen-bond donors (Lipinski definition) is 0. The normalized spacial score (nSPS) is 17.5. The number of carbonyl (C=O) groups is 1. The van der Waals surface area contributed by atoms with E-state index in [1.807, 2.05) is 31.2 Å². The van der Waals surface area contributed by atoms with Crippen LogP contribution in [0.4, 0.5) is 0 Å². The summed E-state index contributed by atoms with van der Waals surface area (Å²) in [6.45, 7) is 2.43. The van der Waals surface area contributed by atoms with Crippen LogP contribution in [0.25, 0.3) is 0 Å². The average molecular weight is 472 g/mol. The molecule has 0 aliphatic carbocycles. The minimum atomic E-state index is -3.18. The largest absolute Gasteiger partial charge is 0.497 e. The van der Waals surface area contributed by atoms with E-state index in [0.717, 1.165) is 5.56 Å². The molecule has 0 spiro atoms. The zero-order valence-electron chi connectivity index (χ0n) is 16.7. The molecule has 1 amide bonds. The van der Waals surface area contributed by atoms with Crippen molar-refractivity contribution in [3.8, 4) is 11.5 Å². The van der Waals surface area contributed by atoms with E-state index in [1.165, 1.54) is 12.1 Å². The van der Waals surface area contributed by atoms with Crippen molar-refractivity contribution in [2.24, 2.45) is 0 Å². The molecule has 0 radical (unpaired) electrons. The Balaban J connectivity index is 1.96. The van der Waals surface area contributed by atoms with Crippen LogP contribution in [-0.2, 0) is 16.4 Å². The highest BCUT2D eigenvalue weighted by Gasteiger charge is 2.35. The lowest BCUT2D eigenvalue weighted by molar-refractivity contribution is 0.0680. The summed E-state index contributed by atoms with van der Waals surface area (Å²) in [7, 11) is -1.62. The summed E-state index contributed by atoms with van der Waals surface area (Å²) >= 11 is 12.5. The van der Waals surface area contributed by atoms with Gasteiger partial charge in [-0.05, 0) is 43.2 Å². The molecule has 30 heavy (non-hydrogen) atoms. The van der Waals surface area contributed by atoms with Gasteiger partial charge in [-0.2, -0.15) is 0 Å². The first-order valence-corrected chi connectivity index (χ1v) is 12.1. The molecule has 162 valence electrons. The Hall–Kier alpha value is -1.96. The molecule has 1 fully saturated rings. The van der Waals surface area contributed by atoms with Gasteiger partial charge in [0.2, 0.25) is 0 Å². The fourth-order valence-electron chi connectivity index (χ4n) is 3.49. The molecule has 0 N–H and O–H groups in total. The standard InChI is InChI=1S/C21H23Cl2NO5S/c1-3-29-20-18(22)10-15(11-19(20)23)21(25)24(16-7-8-30(26,27)13-16)12-14-5-4-6-17(9-14)28-2/h4-6,9-11,16H,3,7-8,12-13H2,1-2H3/t16-/m1/s1. The first kappa shape index (κ1) is 22.7. The number of rotatable bonds is 7. The maximum atomic E-state index is 13.4. The molecule has 9 heteroatoms. The van der Waals surface area contributed by atoms with Gasteiger partial charge >= 0.3 is 0 Å². The molecule has 0 bridgehead atoms. The van der Waals surface area contributed by atoms with Gasteiger partial charge in [0.05, 0.1) is 35.3 Å². The molecular weight excluding hydrogens is 449 g/mol. The van der Waals surface area contributed by atoms with E-state index in [2.05, 4.69) is 0 Å². The first-order valence-electron chi connectivity index (χ1n) is 9.50. The summed E-state index contributed by atoms with van der Waals surface area (Å²) in [5, 5.41) is 0.459. The zero-order chi connectivity index (χ0) is 21.9. The Labute approximate surface area is 186 Å². The number of hydrogen-bond acceptors (Lipinski definition) is 5. The molecule has 3 rings (SSSR count). The predicted molar refractivity (Wildman–Crippen MR) is 118 cm³/mol. The van der Waals surface area contributed by atoms with Gasteiger partial charge in [0, 0.05) is 18.2 Å². The van der Waals surface area contributed by atoms with Crippen molar-refractivity contribution in [3.63, 3.8) is 0 Å². The Morgan fingerprint density at radius 1 is 1.20 bits per heavy atom. The fourth-order valence-corrected chi connectivity index (χ4v) is 5.81. The SMILES string of the molecule is CCOc1c(Cl)cc(C(=O)N(Cc2cccc(OC)c2)[C@@H]2CCS(=O)(=O)C2)cc1Cl.